The number of carbonyl (C=O) groups is 2. The SMILES string of the molecule is CN(C)C(=O)N1C[C@@H]2CC(C)(C(=O)O)C[C@@H]2C1. The third-order valence-electron chi connectivity index (χ3n) is 4.17. The molecule has 1 aliphatic heterocycles. The van der Waals surface area contributed by atoms with Crippen LogP contribution in [0.15, 0.2) is 0 Å². The highest BCUT2D eigenvalue weighted by Gasteiger charge is 2.51. The van der Waals surface area contributed by atoms with Gasteiger partial charge in [0.25, 0.3) is 0 Å². The minimum atomic E-state index is -0.697. The lowest BCUT2D eigenvalue weighted by Crippen LogP contribution is -2.39. The molecule has 5 heteroatoms. The molecule has 0 aromatic rings. The Morgan fingerprint density at radius 2 is 1.71 bits per heavy atom. The van der Waals surface area contributed by atoms with E-state index in [0.29, 0.717) is 37.8 Å². The van der Waals surface area contributed by atoms with Gasteiger partial charge in [0.05, 0.1) is 5.41 Å². The molecular weight excluding hydrogens is 220 g/mol. The van der Waals surface area contributed by atoms with Crippen LogP contribution in [0.3, 0.4) is 0 Å². The van der Waals surface area contributed by atoms with Crippen molar-refractivity contribution < 1.29 is 14.7 Å². The summed E-state index contributed by atoms with van der Waals surface area (Å²) in [7, 11) is 3.50. The van der Waals surface area contributed by atoms with E-state index in [-0.39, 0.29) is 6.03 Å². The smallest absolute Gasteiger partial charge is 0.319 e. The molecule has 17 heavy (non-hydrogen) atoms. The molecule has 0 radical (unpaired) electrons. The summed E-state index contributed by atoms with van der Waals surface area (Å²) < 4.78 is 0. The second-order valence-electron chi connectivity index (χ2n) is 5.88. The third-order valence-corrected chi connectivity index (χ3v) is 4.17. The molecule has 1 saturated carbocycles. The summed E-state index contributed by atoms with van der Waals surface area (Å²) in [5, 5.41) is 9.20. The first-order chi connectivity index (χ1) is 7.83. The quantitative estimate of drug-likeness (QED) is 0.746. The van der Waals surface area contributed by atoms with Crippen molar-refractivity contribution in [1.82, 2.24) is 9.80 Å². The molecule has 2 aliphatic rings. The second kappa shape index (κ2) is 3.89. The number of fused-ring (bicyclic) bond motifs is 1. The van der Waals surface area contributed by atoms with Crippen molar-refractivity contribution in [3.05, 3.63) is 0 Å². The molecule has 2 fully saturated rings. The van der Waals surface area contributed by atoms with E-state index in [2.05, 4.69) is 0 Å². The van der Waals surface area contributed by atoms with Gasteiger partial charge in [0.2, 0.25) is 0 Å². The monoisotopic (exact) mass is 240 g/mol. The normalized spacial score (nSPS) is 35.8. The zero-order valence-electron chi connectivity index (χ0n) is 10.6. The van der Waals surface area contributed by atoms with Gasteiger partial charge in [0.1, 0.15) is 0 Å². The van der Waals surface area contributed by atoms with Crippen LogP contribution in [0.25, 0.3) is 0 Å². The summed E-state index contributed by atoms with van der Waals surface area (Å²) in [5.74, 6) is 0.0254. The Balaban J connectivity index is 2.01. The summed E-state index contributed by atoms with van der Waals surface area (Å²) in [6, 6.07) is 0.0384. The fraction of sp³-hybridized carbons (Fsp3) is 0.833. The van der Waals surface area contributed by atoms with Gasteiger partial charge in [-0.05, 0) is 31.6 Å². The first-order valence-corrected chi connectivity index (χ1v) is 6.03. The van der Waals surface area contributed by atoms with Crippen molar-refractivity contribution in [2.24, 2.45) is 17.3 Å². The largest absolute Gasteiger partial charge is 0.481 e. The Morgan fingerprint density at radius 1 is 1.24 bits per heavy atom. The van der Waals surface area contributed by atoms with E-state index in [1.54, 1.807) is 19.0 Å². The minimum absolute atomic E-state index is 0.0384. The molecule has 1 saturated heterocycles. The van der Waals surface area contributed by atoms with Crippen molar-refractivity contribution in [1.29, 1.82) is 0 Å². The Morgan fingerprint density at radius 3 is 2.06 bits per heavy atom. The number of carbonyl (C=O) groups excluding carboxylic acids is 1. The molecule has 0 aromatic carbocycles. The van der Waals surface area contributed by atoms with E-state index >= 15 is 0 Å². The molecule has 5 nitrogen and oxygen atoms in total. The lowest BCUT2D eigenvalue weighted by Gasteiger charge is -2.25. The summed E-state index contributed by atoms with van der Waals surface area (Å²) >= 11 is 0. The van der Waals surface area contributed by atoms with E-state index in [4.69, 9.17) is 0 Å². The molecule has 1 unspecified atom stereocenters. The van der Waals surface area contributed by atoms with Crippen molar-refractivity contribution in [2.75, 3.05) is 27.2 Å². The number of nitrogens with zero attached hydrogens (tertiary/aromatic N) is 2. The van der Waals surface area contributed by atoms with Gasteiger partial charge in [0.15, 0.2) is 0 Å². The molecule has 0 bridgehead atoms. The first-order valence-electron chi connectivity index (χ1n) is 6.03. The number of rotatable bonds is 1. The van der Waals surface area contributed by atoms with E-state index in [1.165, 1.54) is 0 Å². The van der Waals surface area contributed by atoms with Crippen molar-refractivity contribution in [2.45, 2.75) is 19.8 Å². The van der Waals surface area contributed by atoms with Crippen LogP contribution in [0.5, 0.6) is 0 Å². The van der Waals surface area contributed by atoms with Crippen molar-refractivity contribution in [3.8, 4) is 0 Å². The zero-order chi connectivity index (χ0) is 12.8. The Kier molecular flexibility index (Phi) is 2.79. The first kappa shape index (κ1) is 12.2. The summed E-state index contributed by atoms with van der Waals surface area (Å²) in [4.78, 5) is 26.4. The van der Waals surface area contributed by atoms with Gasteiger partial charge in [0, 0.05) is 27.2 Å². The van der Waals surface area contributed by atoms with Crippen LogP contribution in [0, 0.1) is 17.3 Å². The summed E-state index contributed by atoms with van der Waals surface area (Å²) in [6.45, 7) is 3.25. The molecule has 0 aromatic heterocycles. The average molecular weight is 240 g/mol. The van der Waals surface area contributed by atoms with Crippen molar-refractivity contribution >= 4 is 12.0 Å². The number of likely N-dealkylation sites (tertiary alicyclic amines) is 1. The lowest BCUT2D eigenvalue weighted by atomic mass is 9.87. The number of carboxylic acids is 1. The Hall–Kier alpha value is -1.26. The number of urea groups is 1. The highest BCUT2D eigenvalue weighted by Crippen LogP contribution is 2.49. The Bertz CT molecular complexity index is 340. The molecule has 1 N–H and O–H groups in total. The number of hydrogen-bond acceptors (Lipinski definition) is 2. The maximum absolute atomic E-state index is 11.8. The van der Waals surface area contributed by atoms with Gasteiger partial charge in [-0.3, -0.25) is 4.79 Å². The van der Waals surface area contributed by atoms with E-state index in [0.717, 1.165) is 0 Å². The number of hydrogen-bond donors (Lipinski definition) is 1. The van der Waals surface area contributed by atoms with Crippen LogP contribution in [0.1, 0.15) is 19.8 Å². The highest BCUT2D eigenvalue weighted by molar-refractivity contribution is 5.76. The molecule has 0 spiro atoms. The minimum Gasteiger partial charge on any atom is -0.481 e. The van der Waals surface area contributed by atoms with Crippen LogP contribution in [-0.4, -0.2) is 54.1 Å². The van der Waals surface area contributed by atoms with Gasteiger partial charge < -0.3 is 14.9 Å². The second-order valence-corrected chi connectivity index (χ2v) is 5.88. The predicted octanol–water partition coefficient (Wildman–Crippen LogP) is 1.10. The van der Waals surface area contributed by atoms with Gasteiger partial charge in [-0.15, -0.1) is 0 Å². The highest BCUT2D eigenvalue weighted by atomic mass is 16.4. The Labute approximate surface area is 101 Å². The fourth-order valence-corrected chi connectivity index (χ4v) is 3.26. The topological polar surface area (TPSA) is 60.9 Å². The number of amides is 2. The average Bonchev–Trinajstić information content (AvgIpc) is 2.71. The van der Waals surface area contributed by atoms with E-state index in [9.17, 15) is 14.7 Å². The van der Waals surface area contributed by atoms with Crippen LogP contribution < -0.4 is 0 Å². The van der Waals surface area contributed by atoms with Crippen LogP contribution >= 0.6 is 0 Å². The van der Waals surface area contributed by atoms with E-state index < -0.39 is 11.4 Å². The maximum atomic E-state index is 11.8. The molecule has 2 amide bonds. The lowest BCUT2D eigenvalue weighted by molar-refractivity contribution is -0.147. The molecule has 1 aliphatic carbocycles. The van der Waals surface area contributed by atoms with Crippen LogP contribution in [0.2, 0.25) is 0 Å². The maximum Gasteiger partial charge on any atom is 0.319 e. The zero-order valence-corrected chi connectivity index (χ0v) is 10.6. The van der Waals surface area contributed by atoms with E-state index in [1.807, 2.05) is 11.8 Å². The number of aliphatic carboxylic acids is 1. The predicted molar refractivity (Wildman–Crippen MR) is 62.6 cm³/mol. The third kappa shape index (κ3) is 1.98. The summed E-state index contributed by atoms with van der Waals surface area (Å²) in [5.41, 5.74) is -0.581. The standard InChI is InChI=1S/C12H20N2O3/c1-12(10(15)16)4-8-6-14(7-9(8)5-12)11(17)13(2)3/h8-9H,4-7H2,1-3H3,(H,15,16)/t8-,9+,12?. The van der Waals surface area contributed by atoms with Crippen LogP contribution in [0.4, 0.5) is 4.79 Å². The number of carboxylic acid groups (broad SMARTS) is 1. The molecule has 3 atom stereocenters. The molecule has 1 heterocycles. The van der Waals surface area contributed by atoms with Crippen LogP contribution in [-0.2, 0) is 4.79 Å². The van der Waals surface area contributed by atoms with Gasteiger partial charge in [-0.2, -0.15) is 0 Å². The van der Waals surface area contributed by atoms with Gasteiger partial charge >= 0.3 is 12.0 Å². The molecule has 2 rings (SSSR count). The van der Waals surface area contributed by atoms with Crippen molar-refractivity contribution in [3.63, 3.8) is 0 Å². The van der Waals surface area contributed by atoms with Gasteiger partial charge in [-0.1, -0.05) is 0 Å². The van der Waals surface area contributed by atoms with Gasteiger partial charge in [-0.25, -0.2) is 4.79 Å². The molecule has 96 valence electrons. The summed E-state index contributed by atoms with van der Waals surface area (Å²) in [6.07, 6.45) is 1.40. The fourth-order valence-electron chi connectivity index (χ4n) is 3.26. The molecular formula is C12H20N2O3.